The van der Waals surface area contributed by atoms with Gasteiger partial charge in [0.2, 0.25) is 27.7 Å². The molecule has 2 heterocycles. The maximum atomic E-state index is 13.4. The van der Waals surface area contributed by atoms with E-state index in [4.69, 9.17) is 15.6 Å². The van der Waals surface area contributed by atoms with E-state index >= 15 is 0 Å². The van der Waals surface area contributed by atoms with Gasteiger partial charge in [-0.2, -0.15) is 0 Å². The molecule has 240 valence electrons. The fourth-order valence-electron chi connectivity index (χ4n) is 5.09. The van der Waals surface area contributed by atoms with Gasteiger partial charge in [-0.3, -0.25) is 19.8 Å². The minimum Gasteiger partial charge on any atom is -0.423 e. The van der Waals surface area contributed by atoms with E-state index in [0.29, 0.717) is 35.9 Å². The van der Waals surface area contributed by atoms with E-state index < -0.39 is 52.0 Å². The van der Waals surface area contributed by atoms with Crippen LogP contribution in [-0.4, -0.2) is 68.7 Å². The number of fused-ring (bicyclic) bond motifs is 1. The predicted octanol–water partition coefficient (Wildman–Crippen LogP) is 1.07. The summed E-state index contributed by atoms with van der Waals surface area (Å²) >= 11 is 0. The lowest BCUT2D eigenvalue weighted by atomic mass is 10.1. The second kappa shape index (κ2) is 14.3. The van der Waals surface area contributed by atoms with E-state index in [-0.39, 0.29) is 30.4 Å². The number of guanidine groups is 1. The largest absolute Gasteiger partial charge is 0.423 e. The Hall–Kier alpha value is -4.76. The lowest BCUT2D eigenvalue weighted by Gasteiger charge is -2.26. The number of carbonyl (C=O) groups is 3. The van der Waals surface area contributed by atoms with Crippen molar-refractivity contribution in [3.63, 3.8) is 0 Å². The Bertz CT molecular complexity index is 1760. The van der Waals surface area contributed by atoms with Crippen LogP contribution in [0.4, 0.5) is 5.69 Å². The van der Waals surface area contributed by atoms with E-state index in [2.05, 4.69) is 20.7 Å². The van der Waals surface area contributed by atoms with Gasteiger partial charge in [0.25, 0.3) is 0 Å². The molecule has 0 bridgehead atoms. The molecule has 4 rings (SSSR count). The predicted molar refractivity (Wildman–Crippen MR) is 168 cm³/mol. The van der Waals surface area contributed by atoms with Gasteiger partial charge in [0, 0.05) is 36.3 Å². The number of nitrogens with two attached hydrogens (primary N) is 1. The Labute approximate surface area is 260 Å². The summed E-state index contributed by atoms with van der Waals surface area (Å²) in [6.45, 7) is 3.61. The van der Waals surface area contributed by atoms with Crippen LogP contribution in [0, 0.1) is 19.3 Å². The number of amides is 3. The maximum Gasteiger partial charge on any atom is 0.336 e. The smallest absolute Gasteiger partial charge is 0.336 e. The first-order chi connectivity index (χ1) is 21.3. The highest BCUT2D eigenvalue weighted by Gasteiger charge is 2.36. The fraction of sp³-hybridized carbons (Fsp3) is 0.367. The molecule has 1 aromatic heterocycles. The monoisotopic (exact) mass is 639 g/mol. The lowest BCUT2D eigenvalue weighted by molar-refractivity contribution is -0.138. The van der Waals surface area contributed by atoms with Crippen LogP contribution < -0.4 is 32.0 Å². The molecule has 1 aliphatic heterocycles. The molecule has 1 saturated heterocycles. The van der Waals surface area contributed by atoms with Crippen molar-refractivity contribution in [1.29, 1.82) is 5.41 Å². The quantitative estimate of drug-likeness (QED) is 0.0722. The maximum absolute atomic E-state index is 13.4. The Balaban J connectivity index is 1.43. The normalized spacial score (nSPS) is 15.4. The number of hydrogen-bond donors (Lipinski definition) is 6. The number of nitrogens with one attached hydrogen (secondary N) is 5. The summed E-state index contributed by atoms with van der Waals surface area (Å²) in [4.78, 5) is 53.0. The highest BCUT2D eigenvalue weighted by Crippen LogP contribution is 2.22. The molecular formula is C30H37N7O7S. The second-order valence-corrected chi connectivity index (χ2v) is 12.6. The third kappa shape index (κ3) is 8.67. The fourth-order valence-corrected chi connectivity index (χ4v) is 6.07. The minimum absolute atomic E-state index is 0.0217. The highest BCUT2D eigenvalue weighted by atomic mass is 32.2. The van der Waals surface area contributed by atoms with Crippen molar-refractivity contribution >= 4 is 50.4 Å². The zero-order valence-corrected chi connectivity index (χ0v) is 25.8. The third-order valence-electron chi connectivity index (χ3n) is 7.46. The molecule has 1 aliphatic rings. The molecule has 2 aromatic carbocycles. The number of benzene rings is 2. The summed E-state index contributed by atoms with van der Waals surface area (Å²) in [6, 6.07) is 10.5. The van der Waals surface area contributed by atoms with Gasteiger partial charge in [-0.05, 0) is 69.4 Å². The zero-order valence-electron chi connectivity index (χ0n) is 25.0. The van der Waals surface area contributed by atoms with E-state index in [9.17, 15) is 27.6 Å². The molecule has 1 fully saturated rings. The molecule has 14 nitrogen and oxygen atoms in total. The van der Waals surface area contributed by atoms with Crippen molar-refractivity contribution in [2.75, 3.05) is 25.0 Å². The van der Waals surface area contributed by atoms with E-state index in [0.717, 1.165) is 11.1 Å². The van der Waals surface area contributed by atoms with Gasteiger partial charge >= 0.3 is 5.63 Å². The first-order valence-corrected chi connectivity index (χ1v) is 15.9. The van der Waals surface area contributed by atoms with Crippen LogP contribution in [0.3, 0.4) is 0 Å². The van der Waals surface area contributed by atoms with Crippen molar-refractivity contribution in [3.05, 3.63) is 70.1 Å². The number of nitrogens with zero attached hydrogens (tertiary/aromatic N) is 1. The van der Waals surface area contributed by atoms with Crippen molar-refractivity contribution in [3.8, 4) is 0 Å². The average Bonchev–Trinajstić information content (AvgIpc) is 3.48. The zero-order chi connectivity index (χ0) is 32.7. The molecule has 7 N–H and O–H groups in total. The summed E-state index contributed by atoms with van der Waals surface area (Å²) < 4.78 is 32.9. The molecule has 2 atom stereocenters. The molecule has 3 aromatic rings. The van der Waals surface area contributed by atoms with E-state index in [1.54, 1.807) is 31.2 Å². The van der Waals surface area contributed by atoms with Crippen LogP contribution in [0.1, 0.15) is 36.8 Å². The van der Waals surface area contributed by atoms with Gasteiger partial charge in [0.15, 0.2) is 5.96 Å². The van der Waals surface area contributed by atoms with Crippen LogP contribution in [0.25, 0.3) is 11.0 Å². The van der Waals surface area contributed by atoms with Crippen molar-refractivity contribution in [2.24, 2.45) is 5.73 Å². The van der Waals surface area contributed by atoms with Crippen LogP contribution in [-0.2, 0) is 24.4 Å². The molecule has 0 spiro atoms. The van der Waals surface area contributed by atoms with Gasteiger partial charge in [-0.25, -0.2) is 17.9 Å². The number of hydrogen-bond acceptors (Lipinski definition) is 8. The Morgan fingerprint density at radius 2 is 1.84 bits per heavy atom. The average molecular weight is 640 g/mol. The molecule has 15 heteroatoms. The molecule has 3 amide bonds. The third-order valence-corrected chi connectivity index (χ3v) is 8.87. The summed E-state index contributed by atoms with van der Waals surface area (Å²) in [5.74, 6) is -1.89. The second-order valence-electron chi connectivity index (χ2n) is 10.9. The van der Waals surface area contributed by atoms with Crippen LogP contribution in [0.5, 0.6) is 0 Å². The van der Waals surface area contributed by atoms with E-state index in [1.807, 2.05) is 6.92 Å². The number of carbonyl (C=O) groups excluding carboxylic acids is 3. The summed E-state index contributed by atoms with van der Waals surface area (Å²) in [5, 5.41) is 16.2. The van der Waals surface area contributed by atoms with Gasteiger partial charge in [0.05, 0.1) is 11.4 Å². The summed E-state index contributed by atoms with van der Waals surface area (Å²) in [6.07, 6.45) is 1.41. The Kier molecular flexibility index (Phi) is 10.6. The van der Waals surface area contributed by atoms with Gasteiger partial charge in [-0.15, -0.1) is 0 Å². The molecule has 0 radical (unpaired) electrons. The summed E-state index contributed by atoms with van der Waals surface area (Å²) in [5.41, 5.74) is 7.08. The van der Waals surface area contributed by atoms with Crippen molar-refractivity contribution in [1.82, 2.24) is 20.3 Å². The highest BCUT2D eigenvalue weighted by molar-refractivity contribution is 7.89. The van der Waals surface area contributed by atoms with Crippen molar-refractivity contribution in [2.45, 2.75) is 56.5 Å². The van der Waals surface area contributed by atoms with Crippen LogP contribution in [0.15, 0.2) is 62.6 Å². The standard InChI is InChI=1S/C30H37N7O7S/c1-18-7-10-21(11-8-18)45(42,43)34-17-26(38)37-14-4-6-24(37)29(41)36-23(5-3-13-33-30(31)32)28(40)35-20-9-12-22-19(2)15-27(39)44-25(22)16-20/h7-12,15-16,23-24,34H,3-6,13-14,17H2,1-2H3,(H,35,40)(H,36,41)(H4,31,32,33)/t23-,24-/m0/s1. The Morgan fingerprint density at radius 3 is 2.56 bits per heavy atom. The Morgan fingerprint density at radius 1 is 1.11 bits per heavy atom. The molecular weight excluding hydrogens is 602 g/mol. The van der Waals surface area contributed by atoms with Crippen molar-refractivity contribution < 1.29 is 27.2 Å². The molecule has 0 unspecified atom stereocenters. The SMILES string of the molecule is Cc1ccc(S(=O)(=O)NCC(=O)N2CCC[C@H]2C(=O)N[C@@H](CCCNC(=N)N)C(=O)Nc2ccc3c(C)cc(=O)oc3c2)cc1. The first-order valence-electron chi connectivity index (χ1n) is 14.4. The van der Waals surface area contributed by atoms with Gasteiger partial charge in [-0.1, -0.05) is 17.7 Å². The number of aryl methyl sites for hydroxylation is 2. The topological polar surface area (TPSA) is 217 Å². The number of rotatable bonds is 12. The number of sulfonamides is 1. The van der Waals surface area contributed by atoms with Crippen LogP contribution in [0.2, 0.25) is 0 Å². The number of anilines is 1. The number of likely N-dealkylation sites (tertiary alicyclic amines) is 1. The molecule has 45 heavy (non-hydrogen) atoms. The first kappa shape index (κ1) is 33.1. The molecule has 0 saturated carbocycles. The van der Waals surface area contributed by atoms with Crippen LogP contribution >= 0.6 is 0 Å². The molecule has 0 aliphatic carbocycles. The van der Waals surface area contributed by atoms with Gasteiger partial charge in [0.1, 0.15) is 17.7 Å². The van der Waals surface area contributed by atoms with E-state index in [1.165, 1.54) is 29.2 Å². The summed E-state index contributed by atoms with van der Waals surface area (Å²) in [7, 11) is -3.94. The lowest BCUT2D eigenvalue weighted by Crippen LogP contribution is -2.53. The minimum atomic E-state index is -3.94. The van der Waals surface area contributed by atoms with Gasteiger partial charge < -0.3 is 31.0 Å².